The number of nitrogens with two attached hydrogens (primary N) is 1. The number of rotatable bonds is 9. The van der Waals surface area contributed by atoms with E-state index in [0.29, 0.717) is 0 Å². The molecule has 1 aliphatic rings. The number of unbranched alkanes of at least 4 members (excludes halogenated alkanes) is 5. The quantitative estimate of drug-likeness (QED) is 0.614. The molecule has 18 heavy (non-hydrogen) atoms. The molecular weight excluding hydrogens is 222 g/mol. The van der Waals surface area contributed by atoms with Gasteiger partial charge >= 0.3 is 0 Å². The summed E-state index contributed by atoms with van der Waals surface area (Å²) in [5, 5.41) is 0. The Labute approximate surface area is 111 Å². The second-order valence-corrected chi connectivity index (χ2v) is 5.20. The molecule has 0 heterocycles. The van der Waals surface area contributed by atoms with E-state index < -0.39 is 0 Å². The minimum absolute atomic E-state index is 0.0623. The largest absolute Gasteiger partial charge is 0.369 e. The lowest BCUT2D eigenvalue weighted by Gasteiger charge is -2.16. The first-order chi connectivity index (χ1) is 8.75. The van der Waals surface area contributed by atoms with E-state index in [9.17, 15) is 4.79 Å². The van der Waals surface area contributed by atoms with Gasteiger partial charge in [0.2, 0.25) is 5.91 Å². The molecule has 2 heteroatoms. The van der Waals surface area contributed by atoms with Crippen LogP contribution < -0.4 is 5.73 Å². The fourth-order valence-electron chi connectivity index (χ4n) is 2.49. The second-order valence-electron chi connectivity index (χ2n) is 5.20. The first kappa shape index (κ1) is 15.0. The van der Waals surface area contributed by atoms with Crippen molar-refractivity contribution in [3.63, 3.8) is 0 Å². The molecule has 1 rings (SSSR count). The van der Waals surface area contributed by atoms with E-state index in [2.05, 4.69) is 25.2 Å². The minimum Gasteiger partial charge on any atom is -0.369 e. The SMILES string of the molecule is CCCCCCCCC(C(N)=O)C1=CCCC=C1. The van der Waals surface area contributed by atoms with E-state index in [1.165, 1.54) is 32.1 Å². The van der Waals surface area contributed by atoms with Crippen LogP contribution in [0.5, 0.6) is 0 Å². The minimum atomic E-state index is -0.165. The highest BCUT2D eigenvalue weighted by atomic mass is 16.1. The van der Waals surface area contributed by atoms with Crippen LogP contribution in [0.25, 0.3) is 0 Å². The summed E-state index contributed by atoms with van der Waals surface area (Å²) in [6, 6.07) is 0. The van der Waals surface area contributed by atoms with Crippen LogP contribution in [0.3, 0.4) is 0 Å². The van der Waals surface area contributed by atoms with Gasteiger partial charge in [-0.3, -0.25) is 4.79 Å². The average molecular weight is 249 g/mol. The number of hydrogen-bond acceptors (Lipinski definition) is 1. The fourth-order valence-corrected chi connectivity index (χ4v) is 2.49. The van der Waals surface area contributed by atoms with Crippen LogP contribution in [-0.2, 0) is 4.79 Å². The number of hydrogen-bond donors (Lipinski definition) is 1. The van der Waals surface area contributed by atoms with Crippen molar-refractivity contribution in [1.29, 1.82) is 0 Å². The van der Waals surface area contributed by atoms with Gasteiger partial charge in [0.1, 0.15) is 0 Å². The molecule has 2 N–H and O–H groups in total. The van der Waals surface area contributed by atoms with Crippen LogP contribution in [0.1, 0.15) is 64.7 Å². The summed E-state index contributed by atoms with van der Waals surface area (Å²) < 4.78 is 0. The standard InChI is InChI=1S/C16H27NO/c1-2-3-4-5-6-10-13-15(16(17)18)14-11-8-7-9-12-14/h8,11-12,15H,2-7,9-10,13H2,1H3,(H2,17,18). The number of allylic oxidation sites excluding steroid dienone is 3. The van der Waals surface area contributed by atoms with Crippen molar-refractivity contribution in [2.24, 2.45) is 11.7 Å². The van der Waals surface area contributed by atoms with Gasteiger partial charge in [-0.2, -0.15) is 0 Å². The topological polar surface area (TPSA) is 43.1 Å². The Morgan fingerprint density at radius 1 is 1.22 bits per heavy atom. The zero-order valence-electron chi connectivity index (χ0n) is 11.7. The molecule has 0 fully saturated rings. The van der Waals surface area contributed by atoms with Crippen molar-refractivity contribution in [2.45, 2.75) is 64.7 Å². The lowest BCUT2D eigenvalue weighted by atomic mass is 9.89. The first-order valence-corrected chi connectivity index (χ1v) is 7.41. The molecule has 2 nitrogen and oxygen atoms in total. The predicted molar refractivity (Wildman–Crippen MR) is 77.1 cm³/mol. The van der Waals surface area contributed by atoms with Gasteiger partial charge in [-0.05, 0) is 24.8 Å². The fraction of sp³-hybridized carbons (Fsp3) is 0.688. The summed E-state index contributed by atoms with van der Waals surface area (Å²) >= 11 is 0. The third-order valence-corrected chi connectivity index (χ3v) is 3.62. The predicted octanol–water partition coefficient (Wildman–Crippen LogP) is 4.11. The van der Waals surface area contributed by atoms with Crippen molar-refractivity contribution in [3.8, 4) is 0 Å². The number of primary amides is 1. The third-order valence-electron chi connectivity index (χ3n) is 3.62. The second kappa shape index (κ2) is 8.96. The molecule has 1 unspecified atom stereocenters. The maximum absolute atomic E-state index is 11.5. The Balaban J connectivity index is 2.28. The Kier molecular flexibility index (Phi) is 7.47. The summed E-state index contributed by atoms with van der Waals surface area (Å²) in [6.07, 6.45) is 17.0. The molecule has 0 aromatic rings. The molecule has 0 aromatic heterocycles. The van der Waals surface area contributed by atoms with Crippen molar-refractivity contribution in [3.05, 3.63) is 23.8 Å². The van der Waals surface area contributed by atoms with E-state index in [0.717, 1.165) is 31.3 Å². The van der Waals surface area contributed by atoms with E-state index in [1.807, 2.05) is 0 Å². The molecule has 1 aliphatic carbocycles. The Morgan fingerprint density at radius 3 is 2.56 bits per heavy atom. The van der Waals surface area contributed by atoms with Gasteiger partial charge in [0.05, 0.1) is 5.92 Å². The molecule has 1 amide bonds. The highest BCUT2D eigenvalue weighted by Crippen LogP contribution is 2.23. The summed E-state index contributed by atoms with van der Waals surface area (Å²) in [4.78, 5) is 11.5. The third kappa shape index (κ3) is 5.52. The van der Waals surface area contributed by atoms with Crippen LogP contribution in [0.4, 0.5) is 0 Å². The van der Waals surface area contributed by atoms with Gasteiger partial charge in [-0.1, -0.05) is 63.7 Å². The summed E-state index contributed by atoms with van der Waals surface area (Å²) in [7, 11) is 0. The highest BCUT2D eigenvalue weighted by molar-refractivity contribution is 5.80. The van der Waals surface area contributed by atoms with Gasteiger partial charge in [0.15, 0.2) is 0 Å². The number of amides is 1. The number of carbonyl (C=O) groups excluding carboxylic acids is 1. The lowest BCUT2D eigenvalue weighted by Crippen LogP contribution is -2.24. The monoisotopic (exact) mass is 249 g/mol. The average Bonchev–Trinajstić information content (AvgIpc) is 2.38. The van der Waals surface area contributed by atoms with Gasteiger partial charge < -0.3 is 5.73 Å². The smallest absolute Gasteiger partial charge is 0.224 e. The molecule has 102 valence electrons. The molecule has 0 radical (unpaired) electrons. The van der Waals surface area contributed by atoms with Crippen molar-refractivity contribution >= 4 is 5.91 Å². The van der Waals surface area contributed by atoms with E-state index in [-0.39, 0.29) is 11.8 Å². The molecule has 0 saturated carbocycles. The van der Waals surface area contributed by atoms with Gasteiger partial charge in [-0.15, -0.1) is 0 Å². The van der Waals surface area contributed by atoms with Gasteiger partial charge in [0.25, 0.3) is 0 Å². The zero-order valence-corrected chi connectivity index (χ0v) is 11.7. The van der Waals surface area contributed by atoms with Crippen LogP contribution in [-0.4, -0.2) is 5.91 Å². The molecule has 1 atom stereocenters. The van der Waals surface area contributed by atoms with Crippen LogP contribution >= 0.6 is 0 Å². The normalized spacial score (nSPS) is 16.4. The zero-order chi connectivity index (χ0) is 13.2. The maximum atomic E-state index is 11.5. The molecule has 0 aliphatic heterocycles. The van der Waals surface area contributed by atoms with Crippen LogP contribution in [0.15, 0.2) is 23.8 Å². The molecule has 0 bridgehead atoms. The van der Waals surface area contributed by atoms with E-state index in [4.69, 9.17) is 5.73 Å². The lowest BCUT2D eigenvalue weighted by molar-refractivity contribution is -0.120. The molecule has 0 saturated heterocycles. The van der Waals surface area contributed by atoms with Gasteiger partial charge in [-0.25, -0.2) is 0 Å². The van der Waals surface area contributed by atoms with E-state index in [1.54, 1.807) is 0 Å². The molecule has 0 aromatic carbocycles. The first-order valence-electron chi connectivity index (χ1n) is 7.41. The Morgan fingerprint density at radius 2 is 1.94 bits per heavy atom. The Hall–Kier alpha value is -1.05. The van der Waals surface area contributed by atoms with Crippen molar-refractivity contribution in [2.75, 3.05) is 0 Å². The van der Waals surface area contributed by atoms with Gasteiger partial charge in [0, 0.05) is 0 Å². The van der Waals surface area contributed by atoms with Crippen molar-refractivity contribution < 1.29 is 4.79 Å². The summed E-state index contributed by atoms with van der Waals surface area (Å²) in [5.41, 5.74) is 6.66. The molecular formula is C16H27NO. The van der Waals surface area contributed by atoms with Crippen LogP contribution in [0, 0.1) is 5.92 Å². The molecule has 0 spiro atoms. The summed E-state index contributed by atoms with van der Waals surface area (Å²) in [5.74, 6) is -0.228. The maximum Gasteiger partial charge on any atom is 0.224 e. The van der Waals surface area contributed by atoms with Crippen LogP contribution in [0.2, 0.25) is 0 Å². The highest BCUT2D eigenvalue weighted by Gasteiger charge is 2.18. The number of carbonyl (C=O) groups is 1. The Bertz CT molecular complexity index is 304. The summed E-state index contributed by atoms with van der Waals surface area (Å²) in [6.45, 7) is 2.23. The van der Waals surface area contributed by atoms with Crippen molar-refractivity contribution in [1.82, 2.24) is 0 Å². The van der Waals surface area contributed by atoms with E-state index >= 15 is 0 Å².